The molecule has 0 aliphatic carbocycles. The van der Waals surface area contributed by atoms with Gasteiger partial charge in [-0.2, -0.15) is 5.10 Å². The van der Waals surface area contributed by atoms with Gasteiger partial charge in [-0.1, -0.05) is 18.2 Å². The molecule has 0 atom stereocenters. The van der Waals surface area contributed by atoms with Crippen LogP contribution in [0.25, 0.3) is 0 Å². The van der Waals surface area contributed by atoms with Crippen LogP contribution in [-0.2, 0) is 19.4 Å². The highest BCUT2D eigenvalue weighted by Gasteiger charge is 2.09. The van der Waals surface area contributed by atoms with Crippen LogP contribution in [0.5, 0.6) is 0 Å². The van der Waals surface area contributed by atoms with E-state index in [4.69, 9.17) is 5.11 Å². The summed E-state index contributed by atoms with van der Waals surface area (Å²) >= 11 is 0. The van der Waals surface area contributed by atoms with Crippen LogP contribution in [0.1, 0.15) is 17.8 Å². The normalized spacial score (nSPS) is 10.8. The fraction of sp³-hybridized carbons (Fsp3) is 0.385. The van der Waals surface area contributed by atoms with E-state index in [2.05, 4.69) is 10.2 Å². The number of rotatable bonds is 6. The number of halogens is 1. The van der Waals surface area contributed by atoms with Crippen molar-refractivity contribution in [1.82, 2.24) is 14.8 Å². The van der Waals surface area contributed by atoms with Crippen molar-refractivity contribution in [2.45, 2.75) is 25.8 Å². The van der Waals surface area contributed by atoms with Gasteiger partial charge in [0.1, 0.15) is 11.6 Å². The van der Waals surface area contributed by atoms with E-state index in [0.717, 1.165) is 0 Å². The summed E-state index contributed by atoms with van der Waals surface area (Å²) in [6, 6.07) is 6.51. The molecular formula is C13H16FN3O2. The molecule has 0 aliphatic rings. The second kappa shape index (κ2) is 6.29. The average molecular weight is 265 g/mol. The van der Waals surface area contributed by atoms with Gasteiger partial charge < -0.3 is 5.11 Å². The van der Waals surface area contributed by atoms with E-state index in [1.54, 1.807) is 18.2 Å². The van der Waals surface area contributed by atoms with Gasteiger partial charge in [-0.15, -0.1) is 0 Å². The third-order valence-electron chi connectivity index (χ3n) is 2.96. The Hall–Kier alpha value is -1.95. The second-order valence-electron chi connectivity index (χ2n) is 4.27. The first-order chi connectivity index (χ1) is 9.22. The Morgan fingerprint density at radius 3 is 2.84 bits per heavy atom. The van der Waals surface area contributed by atoms with Crippen LogP contribution in [0.15, 0.2) is 29.1 Å². The fourth-order valence-corrected chi connectivity index (χ4v) is 1.94. The van der Waals surface area contributed by atoms with Gasteiger partial charge in [0.05, 0.1) is 0 Å². The van der Waals surface area contributed by atoms with Crippen LogP contribution < -0.4 is 5.69 Å². The van der Waals surface area contributed by atoms with Crippen molar-refractivity contribution in [2.24, 2.45) is 0 Å². The smallest absolute Gasteiger partial charge is 0.343 e. The first-order valence-corrected chi connectivity index (χ1v) is 6.20. The maximum atomic E-state index is 13.5. The highest BCUT2D eigenvalue weighted by atomic mass is 19.1. The number of nitrogens with zero attached hydrogens (tertiary/aromatic N) is 2. The topological polar surface area (TPSA) is 70.9 Å². The SMILES string of the molecule is O=c1[nH]nc(CCCO)n1CCc1ccccc1F. The molecule has 1 aromatic carbocycles. The van der Waals surface area contributed by atoms with Gasteiger partial charge in [-0.25, -0.2) is 14.3 Å². The van der Waals surface area contributed by atoms with Gasteiger partial charge in [0.25, 0.3) is 0 Å². The van der Waals surface area contributed by atoms with Crippen LogP contribution in [0.4, 0.5) is 4.39 Å². The van der Waals surface area contributed by atoms with E-state index in [9.17, 15) is 9.18 Å². The molecule has 0 aliphatic heterocycles. The molecule has 6 heteroatoms. The van der Waals surface area contributed by atoms with Crippen LogP contribution in [0.2, 0.25) is 0 Å². The van der Waals surface area contributed by atoms with Crippen molar-refractivity contribution in [3.8, 4) is 0 Å². The number of aromatic amines is 1. The molecule has 5 nitrogen and oxygen atoms in total. The maximum absolute atomic E-state index is 13.5. The highest BCUT2D eigenvalue weighted by molar-refractivity contribution is 5.17. The zero-order valence-corrected chi connectivity index (χ0v) is 10.5. The largest absolute Gasteiger partial charge is 0.396 e. The molecule has 1 aromatic heterocycles. The number of hydrogen-bond donors (Lipinski definition) is 2. The first kappa shape index (κ1) is 13.5. The van der Waals surface area contributed by atoms with Crippen molar-refractivity contribution >= 4 is 0 Å². The summed E-state index contributed by atoms with van der Waals surface area (Å²) in [6.45, 7) is 0.422. The maximum Gasteiger partial charge on any atom is 0.343 e. The number of H-pyrrole nitrogens is 1. The molecule has 2 rings (SSSR count). The minimum Gasteiger partial charge on any atom is -0.396 e. The van der Waals surface area contributed by atoms with Gasteiger partial charge in [-0.3, -0.25) is 4.57 Å². The lowest BCUT2D eigenvalue weighted by molar-refractivity contribution is 0.286. The lowest BCUT2D eigenvalue weighted by Gasteiger charge is -2.06. The van der Waals surface area contributed by atoms with E-state index < -0.39 is 0 Å². The minimum absolute atomic E-state index is 0.0500. The Balaban J connectivity index is 2.09. The van der Waals surface area contributed by atoms with Gasteiger partial charge >= 0.3 is 5.69 Å². The number of hydrogen-bond acceptors (Lipinski definition) is 3. The fourth-order valence-electron chi connectivity index (χ4n) is 1.94. The lowest BCUT2D eigenvalue weighted by atomic mass is 10.1. The summed E-state index contributed by atoms with van der Waals surface area (Å²) in [7, 11) is 0. The monoisotopic (exact) mass is 265 g/mol. The number of aryl methyl sites for hydroxylation is 2. The van der Waals surface area contributed by atoms with Crippen LogP contribution in [0.3, 0.4) is 0 Å². The van der Waals surface area contributed by atoms with Crippen molar-refractivity contribution in [3.63, 3.8) is 0 Å². The predicted octanol–water partition coefficient (Wildman–Crippen LogP) is 0.878. The summed E-state index contributed by atoms with van der Waals surface area (Å²) in [5.74, 6) is 0.325. The number of aliphatic hydroxyl groups is 1. The molecule has 2 aromatic rings. The van der Waals surface area contributed by atoms with Gasteiger partial charge in [0.2, 0.25) is 0 Å². The summed E-state index contributed by atoms with van der Waals surface area (Å²) < 4.78 is 15.0. The number of aromatic nitrogens is 3. The van der Waals surface area contributed by atoms with E-state index >= 15 is 0 Å². The van der Waals surface area contributed by atoms with Gasteiger partial charge in [0, 0.05) is 19.6 Å². The average Bonchev–Trinajstić information content (AvgIpc) is 2.76. The number of nitrogens with one attached hydrogen (secondary N) is 1. The summed E-state index contributed by atoms with van der Waals surface area (Å²) in [5.41, 5.74) is 0.271. The van der Waals surface area contributed by atoms with Gasteiger partial charge in [0.15, 0.2) is 0 Å². The van der Waals surface area contributed by atoms with Gasteiger partial charge in [-0.05, 0) is 24.5 Å². The Labute approximate surface area is 109 Å². The number of aliphatic hydroxyl groups excluding tert-OH is 1. The Kier molecular flexibility index (Phi) is 4.46. The molecule has 0 fully saturated rings. The lowest BCUT2D eigenvalue weighted by Crippen LogP contribution is -2.20. The standard InChI is InChI=1S/C13H16FN3O2/c14-11-5-2-1-4-10(11)7-8-17-12(6-3-9-18)15-16-13(17)19/h1-2,4-5,18H,3,6-9H2,(H,16,19). The summed E-state index contributed by atoms with van der Waals surface area (Å²) in [4.78, 5) is 11.6. The highest BCUT2D eigenvalue weighted by Crippen LogP contribution is 2.08. The Bertz CT molecular complexity index is 592. The number of benzene rings is 1. The summed E-state index contributed by atoms with van der Waals surface area (Å²) in [6.07, 6.45) is 1.49. The van der Waals surface area contributed by atoms with Crippen LogP contribution >= 0.6 is 0 Å². The third kappa shape index (κ3) is 3.29. The molecule has 102 valence electrons. The zero-order chi connectivity index (χ0) is 13.7. The van der Waals surface area contributed by atoms with E-state index in [1.807, 2.05) is 0 Å². The molecule has 2 N–H and O–H groups in total. The molecule has 0 saturated carbocycles. The Morgan fingerprint density at radius 1 is 1.32 bits per heavy atom. The minimum atomic E-state index is -0.302. The van der Waals surface area contributed by atoms with E-state index in [0.29, 0.717) is 37.2 Å². The van der Waals surface area contributed by atoms with E-state index in [1.165, 1.54) is 10.6 Å². The molecule has 19 heavy (non-hydrogen) atoms. The van der Waals surface area contributed by atoms with Crippen molar-refractivity contribution in [2.75, 3.05) is 6.61 Å². The zero-order valence-electron chi connectivity index (χ0n) is 10.5. The molecular weight excluding hydrogens is 249 g/mol. The first-order valence-electron chi connectivity index (χ1n) is 6.20. The van der Waals surface area contributed by atoms with Crippen LogP contribution in [0, 0.1) is 5.82 Å². The van der Waals surface area contributed by atoms with Crippen LogP contribution in [-0.4, -0.2) is 26.5 Å². The molecule has 0 saturated heterocycles. The quantitative estimate of drug-likeness (QED) is 0.814. The summed E-state index contributed by atoms with van der Waals surface area (Å²) in [5, 5.41) is 15.1. The second-order valence-corrected chi connectivity index (χ2v) is 4.27. The van der Waals surface area contributed by atoms with Crippen molar-refractivity contribution < 1.29 is 9.50 Å². The third-order valence-corrected chi connectivity index (χ3v) is 2.96. The molecule has 0 spiro atoms. The molecule has 0 unspecified atom stereocenters. The molecule has 0 bridgehead atoms. The molecule has 1 heterocycles. The Morgan fingerprint density at radius 2 is 2.11 bits per heavy atom. The predicted molar refractivity (Wildman–Crippen MR) is 68.4 cm³/mol. The van der Waals surface area contributed by atoms with Crippen molar-refractivity contribution in [1.29, 1.82) is 0 Å². The van der Waals surface area contributed by atoms with E-state index in [-0.39, 0.29) is 18.1 Å². The van der Waals surface area contributed by atoms with Crippen molar-refractivity contribution in [3.05, 3.63) is 52.0 Å². The molecule has 0 radical (unpaired) electrons. The molecule has 0 amide bonds.